The Kier molecular flexibility index (Phi) is 6.05. The molecule has 0 spiro atoms. The van der Waals surface area contributed by atoms with E-state index in [9.17, 15) is 4.79 Å². The molecule has 0 amide bonds. The Balaban J connectivity index is 1.80. The molecular weight excluding hydrogens is 384 g/mol. The van der Waals surface area contributed by atoms with E-state index in [1.54, 1.807) is 0 Å². The van der Waals surface area contributed by atoms with Crippen LogP contribution < -0.4 is 0 Å². The minimum atomic E-state index is -0.143. The van der Waals surface area contributed by atoms with Gasteiger partial charge in [0.15, 0.2) is 0 Å². The zero-order valence-corrected chi connectivity index (χ0v) is 16.6. The molecule has 0 bridgehead atoms. The summed E-state index contributed by atoms with van der Waals surface area (Å²) in [4.78, 5) is 11.3. The lowest BCUT2D eigenvalue weighted by atomic mass is 9.75. The number of aryl methyl sites for hydroxylation is 1. The van der Waals surface area contributed by atoms with E-state index < -0.39 is 0 Å². The van der Waals surface area contributed by atoms with Crippen molar-refractivity contribution in [2.75, 3.05) is 0 Å². The van der Waals surface area contributed by atoms with E-state index in [2.05, 4.69) is 95.7 Å². The Morgan fingerprint density at radius 2 is 1.42 bits per heavy atom. The number of hydrogen-bond donors (Lipinski definition) is 0. The number of hydrogen-bond acceptors (Lipinski definition) is 1. The smallest absolute Gasteiger partial charge is 0.120 e. The van der Waals surface area contributed by atoms with Gasteiger partial charge in [0.25, 0.3) is 0 Å². The van der Waals surface area contributed by atoms with Crippen LogP contribution in [0, 0.1) is 0 Å². The van der Waals surface area contributed by atoms with Crippen molar-refractivity contribution in [3.63, 3.8) is 0 Å². The molecule has 0 aliphatic heterocycles. The number of halogens is 1. The maximum atomic E-state index is 11.3. The summed E-state index contributed by atoms with van der Waals surface area (Å²) in [5.41, 5.74) is 4.78. The minimum absolute atomic E-state index is 0.143. The Bertz CT molecular complexity index is 838. The SMILES string of the molecule is CC(CC=O)(CCc1ccccc1)c1ccc(-c2ccc(Br)cc2)cc1. The standard InChI is InChI=1S/C24H23BrO/c1-24(17-18-26,16-15-19-5-3-2-4-6-19)22-11-7-20(8-12-22)21-9-13-23(25)14-10-21/h2-14,18H,15-17H2,1H3. The van der Waals surface area contributed by atoms with Gasteiger partial charge in [0, 0.05) is 10.9 Å². The number of benzene rings is 3. The quantitative estimate of drug-likeness (QED) is 0.404. The lowest BCUT2D eigenvalue weighted by Gasteiger charge is -2.28. The second-order valence-electron chi connectivity index (χ2n) is 7.00. The zero-order chi connectivity index (χ0) is 18.4. The minimum Gasteiger partial charge on any atom is -0.303 e. The van der Waals surface area contributed by atoms with E-state index in [1.165, 1.54) is 22.3 Å². The van der Waals surface area contributed by atoms with Crippen molar-refractivity contribution in [1.82, 2.24) is 0 Å². The van der Waals surface area contributed by atoms with E-state index in [0.717, 1.165) is 23.6 Å². The average molecular weight is 407 g/mol. The maximum Gasteiger partial charge on any atom is 0.120 e. The first-order valence-corrected chi connectivity index (χ1v) is 9.74. The summed E-state index contributed by atoms with van der Waals surface area (Å²) in [5, 5.41) is 0. The lowest BCUT2D eigenvalue weighted by Crippen LogP contribution is -2.23. The van der Waals surface area contributed by atoms with Crippen molar-refractivity contribution in [2.45, 2.75) is 31.6 Å². The summed E-state index contributed by atoms with van der Waals surface area (Å²) in [6.45, 7) is 2.19. The highest BCUT2D eigenvalue weighted by atomic mass is 79.9. The first-order valence-electron chi connectivity index (χ1n) is 8.95. The number of carbonyl (C=O) groups excluding carboxylic acids is 1. The van der Waals surface area contributed by atoms with Crippen molar-refractivity contribution in [3.05, 3.63) is 94.5 Å². The fraction of sp³-hybridized carbons (Fsp3) is 0.208. The highest BCUT2D eigenvalue weighted by Crippen LogP contribution is 2.33. The van der Waals surface area contributed by atoms with Crippen molar-refractivity contribution in [3.8, 4) is 11.1 Å². The van der Waals surface area contributed by atoms with Crippen molar-refractivity contribution in [1.29, 1.82) is 0 Å². The normalized spacial score (nSPS) is 13.2. The topological polar surface area (TPSA) is 17.1 Å². The molecule has 132 valence electrons. The molecule has 1 atom stereocenters. The summed E-state index contributed by atoms with van der Waals surface area (Å²) in [5.74, 6) is 0. The summed E-state index contributed by atoms with van der Waals surface area (Å²) in [6.07, 6.45) is 3.51. The highest BCUT2D eigenvalue weighted by Gasteiger charge is 2.26. The molecule has 0 saturated heterocycles. The molecule has 26 heavy (non-hydrogen) atoms. The van der Waals surface area contributed by atoms with E-state index in [1.807, 2.05) is 6.07 Å². The molecule has 0 aliphatic carbocycles. The summed E-state index contributed by atoms with van der Waals surface area (Å²) in [6, 6.07) is 27.5. The van der Waals surface area contributed by atoms with Gasteiger partial charge in [0.2, 0.25) is 0 Å². The van der Waals surface area contributed by atoms with Gasteiger partial charge in [0.05, 0.1) is 0 Å². The first-order chi connectivity index (χ1) is 12.6. The van der Waals surface area contributed by atoms with Crippen LogP contribution in [-0.4, -0.2) is 6.29 Å². The molecule has 3 rings (SSSR count). The van der Waals surface area contributed by atoms with E-state index in [4.69, 9.17) is 0 Å². The Morgan fingerprint density at radius 3 is 2.00 bits per heavy atom. The molecule has 3 aromatic rings. The van der Waals surface area contributed by atoms with Gasteiger partial charge >= 0.3 is 0 Å². The third-order valence-corrected chi connectivity index (χ3v) is 5.63. The molecular formula is C24H23BrO. The van der Waals surface area contributed by atoms with E-state index in [-0.39, 0.29) is 5.41 Å². The van der Waals surface area contributed by atoms with Gasteiger partial charge < -0.3 is 4.79 Å². The van der Waals surface area contributed by atoms with Crippen LogP contribution in [0.3, 0.4) is 0 Å². The fourth-order valence-electron chi connectivity index (χ4n) is 3.32. The molecule has 0 fully saturated rings. The monoisotopic (exact) mass is 406 g/mol. The van der Waals surface area contributed by atoms with Gasteiger partial charge in [-0.2, -0.15) is 0 Å². The van der Waals surface area contributed by atoms with Gasteiger partial charge in [0.1, 0.15) is 6.29 Å². The zero-order valence-electron chi connectivity index (χ0n) is 15.0. The molecule has 2 heteroatoms. The molecule has 0 aliphatic rings. The molecule has 0 radical (unpaired) electrons. The Labute approximate surface area is 164 Å². The van der Waals surface area contributed by atoms with E-state index >= 15 is 0 Å². The maximum absolute atomic E-state index is 11.3. The van der Waals surface area contributed by atoms with Crippen LogP contribution in [0.15, 0.2) is 83.3 Å². The molecule has 3 aromatic carbocycles. The van der Waals surface area contributed by atoms with Crippen molar-refractivity contribution >= 4 is 22.2 Å². The summed E-state index contributed by atoms with van der Waals surface area (Å²) < 4.78 is 1.08. The summed E-state index contributed by atoms with van der Waals surface area (Å²) in [7, 11) is 0. The molecule has 0 aromatic heterocycles. The van der Waals surface area contributed by atoms with Gasteiger partial charge in [-0.15, -0.1) is 0 Å². The van der Waals surface area contributed by atoms with Crippen molar-refractivity contribution < 1.29 is 4.79 Å². The second-order valence-corrected chi connectivity index (χ2v) is 7.92. The number of carbonyl (C=O) groups is 1. The number of rotatable bonds is 7. The molecule has 0 N–H and O–H groups in total. The van der Waals surface area contributed by atoms with Crippen LogP contribution in [0.5, 0.6) is 0 Å². The number of aldehydes is 1. The molecule has 0 heterocycles. The second kappa shape index (κ2) is 8.46. The Hall–Kier alpha value is -2.19. The van der Waals surface area contributed by atoms with Crippen LogP contribution in [-0.2, 0) is 16.6 Å². The third kappa shape index (κ3) is 4.50. The van der Waals surface area contributed by atoms with Gasteiger partial charge in [-0.05, 0) is 52.6 Å². The predicted octanol–water partition coefficient (Wildman–Crippen LogP) is 6.60. The lowest BCUT2D eigenvalue weighted by molar-refractivity contribution is -0.108. The van der Waals surface area contributed by atoms with Crippen LogP contribution >= 0.6 is 15.9 Å². The highest BCUT2D eigenvalue weighted by molar-refractivity contribution is 9.10. The molecule has 0 saturated carbocycles. The van der Waals surface area contributed by atoms with Crippen LogP contribution in [0.25, 0.3) is 11.1 Å². The molecule has 1 nitrogen and oxygen atoms in total. The third-order valence-electron chi connectivity index (χ3n) is 5.10. The van der Waals surface area contributed by atoms with Crippen LogP contribution in [0.1, 0.15) is 30.9 Å². The van der Waals surface area contributed by atoms with Gasteiger partial charge in [-0.25, -0.2) is 0 Å². The average Bonchev–Trinajstić information content (AvgIpc) is 2.68. The van der Waals surface area contributed by atoms with Crippen LogP contribution in [0.4, 0.5) is 0 Å². The van der Waals surface area contributed by atoms with E-state index in [0.29, 0.717) is 6.42 Å². The largest absolute Gasteiger partial charge is 0.303 e. The predicted molar refractivity (Wildman–Crippen MR) is 112 cm³/mol. The first kappa shape index (κ1) is 18.6. The van der Waals surface area contributed by atoms with Crippen LogP contribution in [0.2, 0.25) is 0 Å². The van der Waals surface area contributed by atoms with Crippen molar-refractivity contribution in [2.24, 2.45) is 0 Å². The van der Waals surface area contributed by atoms with Gasteiger partial charge in [-0.3, -0.25) is 0 Å². The molecule has 1 unspecified atom stereocenters. The Morgan fingerprint density at radius 1 is 0.846 bits per heavy atom. The fourth-order valence-corrected chi connectivity index (χ4v) is 3.58. The summed E-state index contributed by atoms with van der Waals surface area (Å²) >= 11 is 3.48. The van der Waals surface area contributed by atoms with Gasteiger partial charge in [-0.1, -0.05) is 89.6 Å².